The van der Waals surface area contributed by atoms with E-state index >= 15 is 0 Å². The van der Waals surface area contributed by atoms with Gasteiger partial charge in [-0.2, -0.15) is 0 Å². The second kappa shape index (κ2) is 8.19. The van der Waals surface area contributed by atoms with Gasteiger partial charge in [0.05, 0.1) is 0 Å². The van der Waals surface area contributed by atoms with Gasteiger partial charge in [-0.05, 0) is 62.6 Å². The molecule has 1 aromatic rings. The molecule has 0 fully saturated rings. The Kier molecular flexibility index (Phi) is 6.57. The lowest BCUT2D eigenvalue weighted by Gasteiger charge is -2.22. The number of nitrogens with one attached hydrogen (secondary N) is 1. The summed E-state index contributed by atoms with van der Waals surface area (Å²) in [7, 11) is 0. The number of thiophene rings is 1. The third-order valence-electron chi connectivity index (χ3n) is 4.72. The fourth-order valence-electron chi connectivity index (χ4n) is 3.26. The van der Waals surface area contributed by atoms with Crippen molar-refractivity contribution in [3.05, 3.63) is 21.4 Å². The van der Waals surface area contributed by atoms with Crippen molar-refractivity contribution in [3.63, 3.8) is 0 Å². The number of aryl methyl sites for hydroxylation is 2. The minimum absolute atomic E-state index is 0.593. The van der Waals surface area contributed by atoms with Crippen molar-refractivity contribution in [2.75, 3.05) is 6.54 Å². The summed E-state index contributed by atoms with van der Waals surface area (Å²) in [4.78, 5) is 3.29. The van der Waals surface area contributed by atoms with Gasteiger partial charge in [-0.15, -0.1) is 11.3 Å². The van der Waals surface area contributed by atoms with E-state index in [1.54, 1.807) is 15.3 Å². The van der Waals surface area contributed by atoms with E-state index in [2.05, 4.69) is 43.5 Å². The topological polar surface area (TPSA) is 12.0 Å². The smallest absolute Gasteiger partial charge is 0.0417 e. The Morgan fingerprint density at radius 3 is 2.55 bits per heavy atom. The van der Waals surface area contributed by atoms with Crippen LogP contribution in [0.3, 0.4) is 0 Å². The number of hydrogen-bond donors (Lipinski definition) is 1. The summed E-state index contributed by atoms with van der Waals surface area (Å²) in [5, 5.41) is 3.80. The van der Waals surface area contributed by atoms with Crippen LogP contribution in [-0.4, -0.2) is 6.54 Å². The van der Waals surface area contributed by atoms with Gasteiger partial charge in [0.1, 0.15) is 0 Å². The van der Waals surface area contributed by atoms with Crippen molar-refractivity contribution < 1.29 is 0 Å². The van der Waals surface area contributed by atoms with Crippen LogP contribution in [0, 0.1) is 5.92 Å². The Morgan fingerprint density at radius 1 is 1.15 bits per heavy atom. The van der Waals surface area contributed by atoms with Crippen molar-refractivity contribution in [2.45, 2.75) is 78.2 Å². The normalized spacial score (nSPS) is 16.4. The maximum atomic E-state index is 3.80. The molecule has 0 aromatic carbocycles. The van der Waals surface area contributed by atoms with E-state index in [1.165, 1.54) is 51.4 Å². The van der Waals surface area contributed by atoms with Gasteiger partial charge in [0.2, 0.25) is 0 Å². The van der Waals surface area contributed by atoms with Crippen LogP contribution < -0.4 is 5.32 Å². The molecule has 20 heavy (non-hydrogen) atoms. The highest BCUT2D eigenvalue weighted by Crippen LogP contribution is 2.35. The quantitative estimate of drug-likeness (QED) is 0.668. The molecule has 114 valence electrons. The van der Waals surface area contributed by atoms with E-state index in [0.29, 0.717) is 6.04 Å². The van der Waals surface area contributed by atoms with E-state index in [9.17, 15) is 0 Å². The number of rotatable bonds is 8. The van der Waals surface area contributed by atoms with Gasteiger partial charge in [0.15, 0.2) is 0 Å². The van der Waals surface area contributed by atoms with Gasteiger partial charge in [0, 0.05) is 15.8 Å². The van der Waals surface area contributed by atoms with Crippen LogP contribution in [0.5, 0.6) is 0 Å². The predicted molar refractivity (Wildman–Crippen MR) is 90.7 cm³/mol. The van der Waals surface area contributed by atoms with E-state index in [1.807, 2.05) is 0 Å². The first kappa shape index (κ1) is 16.0. The number of hydrogen-bond acceptors (Lipinski definition) is 2. The fourth-order valence-corrected chi connectivity index (χ4v) is 4.61. The molecule has 1 atom stereocenters. The lowest BCUT2D eigenvalue weighted by Crippen LogP contribution is -2.23. The van der Waals surface area contributed by atoms with E-state index < -0.39 is 0 Å². The van der Waals surface area contributed by atoms with Crippen LogP contribution in [0.4, 0.5) is 0 Å². The Balaban J connectivity index is 2.10. The lowest BCUT2D eigenvalue weighted by molar-refractivity contribution is 0.374. The largest absolute Gasteiger partial charge is 0.309 e. The third kappa shape index (κ3) is 4.08. The Labute approximate surface area is 129 Å². The van der Waals surface area contributed by atoms with Crippen LogP contribution >= 0.6 is 11.3 Å². The average molecular weight is 294 g/mol. The molecule has 1 aromatic heterocycles. The van der Waals surface area contributed by atoms with Crippen LogP contribution in [-0.2, 0) is 12.8 Å². The first-order valence-electron chi connectivity index (χ1n) is 8.63. The Hall–Kier alpha value is -0.340. The molecule has 1 aliphatic rings. The zero-order chi connectivity index (χ0) is 14.4. The van der Waals surface area contributed by atoms with Crippen molar-refractivity contribution in [1.82, 2.24) is 5.32 Å². The summed E-state index contributed by atoms with van der Waals surface area (Å²) >= 11 is 2.09. The lowest BCUT2D eigenvalue weighted by atomic mass is 9.93. The standard InChI is InChI=1S/C18H31NS/c1-4-11-19-16(12-14(5-2)6-3)18-13-15-9-7-8-10-17(15)20-18/h13-14,16,19H,4-12H2,1-3H3. The molecule has 0 spiro atoms. The van der Waals surface area contributed by atoms with Gasteiger partial charge in [0.25, 0.3) is 0 Å². The molecule has 2 heteroatoms. The van der Waals surface area contributed by atoms with Gasteiger partial charge in [-0.3, -0.25) is 0 Å². The molecule has 0 saturated heterocycles. The Morgan fingerprint density at radius 2 is 1.90 bits per heavy atom. The van der Waals surface area contributed by atoms with E-state index in [4.69, 9.17) is 0 Å². The van der Waals surface area contributed by atoms with Crippen LogP contribution in [0.15, 0.2) is 6.07 Å². The Bertz CT molecular complexity index is 369. The molecule has 1 heterocycles. The molecular formula is C18H31NS. The minimum Gasteiger partial charge on any atom is -0.309 e. The maximum absolute atomic E-state index is 3.80. The molecule has 0 aliphatic heterocycles. The van der Waals surface area contributed by atoms with Crippen molar-refractivity contribution in [3.8, 4) is 0 Å². The summed E-state index contributed by atoms with van der Waals surface area (Å²) in [5.41, 5.74) is 1.66. The fraction of sp³-hybridized carbons (Fsp3) is 0.778. The molecule has 2 rings (SSSR count). The molecule has 0 saturated carbocycles. The zero-order valence-electron chi connectivity index (χ0n) is 13.5. The van der Waals surface area contributed by atoms with Crippen LogP contribution in [0.2, 0.25) is 0 Å². The highest BCUT2D eigenvalue weighted by molar-refractivity contribution is 7.12. The molecule has 1 aliphatic carbocycles. The van der Waals surface area contributed by atoms with E-state index in [-0.39, 0.29) is 0 Å². The predicted octanol–water partition coefficient (Wildman–Crippen LogP) is 5.49. The van der Waals surface area contributed by atoms with E-state index in [0.717, 1.165) is 12.5 Å². The van der Waals surface area contributed by atoms with Gasteiger partial charge < -0.3 is 5.32 Å². The molecule has 0 bridgehead atoms. The highest BCUT2D eigenvalue weighted by atomic mass is 32.1. The second-order valence-corrected chi connectivity index (χ2v) is 7.40. The first-order chi connectivity index (χ1) is 9.78. The molecule has 1 nitrogen and oxygen atoms in total. The summed E-state index contributed by atoms with van der Waals surface area (Å²) in [6, 6.07) is 3.12. The van der Waals surface area contributed by atoms with Crippen LogP contribution in [0.1, 0.15) is 80.7 Å². The monoisotopic (exact) mass is 293 g/mol. The summed E-state index contributed by atoms with van der Waals surface area (Å²) < 4.78 is 0. The molecule has 0 radical (unpaired) electrons. The summed E-state index contributed by atoms with van der Waals surface area (Å²) in [6.07, 6.45) is 10.6. The van der Waals surface area contributed by atoms with Crippen LogP contribution in [0.25, 0.3) is 0 Å². The van der Waals surface area contributed by atoms with Gasteiger partial charge in [-0.25, -0.2) is 0 Å². The SMILES string of the molecule is CCCNC(CC(CC)CC)c1cc2c(s1)CCCC2. The molecular weight excluding hydrogens is 262 g/mol. The number of fused-ring (bicyclic) bond motifs is 1. The first-order valence-corrected chi connectivity index (χ1v) is 9.44. The molecule has 1 unspecified atom stereocenters. The third-order valence-corrected chi connectivity index (χ3v) is 6.07. The van der Waals surface area contributed by atoms with Crippen molar-refractivity contribution in [1.29, 1.82) is 0 Å². The molecule has 0 amide bonds. The van der Waals surface area contributed by atoms with Crippen molar-refractivity contribution in [2.24, 2.45) is 5.92 Å². The molecule has 1 N–H and O–H groups in total. The average Bonchev–Trinajstić information content (AvgIpc) is 2.91. The maximum Gasteiger partial charge on any atom is 0.0417 e. The zero-order valence-corrected chi connectivity index (χ0v) is 14.3. The van der Waals surface area contributed by atoms with Gasteiger partial charge in [-0.1, -0.05) is 33.6 Å². The second-order valence-electron chi connectivity index (χ2n) is 6.23. The minimum atomic E-state index is 0.593. The van der Waals surface area contributed by atoms with Gasteiger partial charge >= 0.3 is 0 Å². The summed E-state index contributed by atoms with van der Waals surface area (Å²) in [6.45, 7) is 8.09. The van der Waals surface area contributed by atoms with Crippen molar-refractivity contribution >= 4 is 11.3 Å². The highest BCUT2D eigenvalue weighted by Gasteiger charge is 2.21. The summed E-state index contributed by atoms with van der Waals surface area (Å²) in [5.74, 6) is 0.864.